The van der Waals surface area contributed by atoms with Crippen molar-refractivity contribution < 1.29 is 19.7 Å². The first-order valence-electron chi connectivity index (χ1n) is 6.94. The molecule has 0 aromatic heterocycles. The summed E-state index contributed by atoms with van der Waals surface area (Å²) >= 11 is 0. The van der Waals surface area contributed by atoms with Crippen LogP contribution in [0.25, 0.3) is 0 Å². The van der Waals surface area contributed by atoms with Crippen LogP contribution in [0.2, 0.25) is 0 Å². The minimum absolute atomic E-state index is 0.00244. The van der Waals surface area contributed by atoms with Gasteiger partial charge in [-0.25, -0.2) is 0 Å². The zero-order chi connectivity index (χ0) is 15.0. The predicted molar refractivity (Wildman–Crippen MR) is 76.7 cm³/mol. The number of carbonyl (C=O) groups is 1. The van der Waals surface area contributed by atoms with E-state index in [0.717, 1.165) is 12.8 Å². The van der Waals surface area contributed by atoms with Crippen LogP contribution in [0, 0.1) is 5.92 Å². The summed E-state index contributed by atoms with van der Waals surface area (Å²) in [5.41, 5.74) is 0. The Kier molecular flexibility index (Phi) is 6.87. The number of phenols is 1. The van der Waals surface area contributed by atoms with Crippen molar-refractivity contribution in [2.45, 2.75) is 32.8 Å². The van der Waals surface area contributed by atoms with Crippen LogP contribution < -0.4 is 10.1 Å². The Balaban J connectivity index is 2.32. The third-order valence-corrected chi connectivity index (χ3v) is 3.33. The van der Waals surface area contributed by atoms with Crippen molar-refractivity contribution in [2.24, 2.45) is 5.92 Å². The van der Waals surface area contributed by atoms with E-state index in [-0.39, 0.29) is 36.5 Å². The summed E-state index contributed by atoms with van der Waals surface area (Å²) < 4.78 is 5.20. The summed E-state index contributed by atoms with van der Waals surface area (Å²) in [5, 5.41) is 22.0. The molecule has 20 heavy (non-hydrogen) atoms. The van der Waals surface area contributed by atoms with Crippen LogP contribution in [0.1, 0.15) is 26.7 Å². The second-order valence-electron chi connectivity index (χ2n) is 4.70. The molecule has 1 aromatic carbocycles. The predicted octanol–water partition coefficient (Wildman–Crippen LogP) is 1.68. The molecule has 0 radical (unpaired) electrons. The summed E-state index contributed by atoms with van der Waals surface area (Å²) in [4.78, 5) is 11.6. The van der Waals surface area contributed by atoms with Crippen molar-refractivity contribution in [3.63, 3.8) is 0 Å². The monoisotopic (exact) mass is 281 g/mol. The molecule has 0 fully saturated rings. The lowest BCUT2D eigenvalue weighted by Crippen LogP contribution is -2.38. The van der Waals surface area contributed by atoms with E-state index in [1.54, 1.807) is 18.2 Å². The Morgan fingerprint density at radius 2 is 1.95 bits per heavy atom. The highest BCUT2D eigenvalue weighted by Gasteiger charge is 2.16. The maximum atomic E-state index is 11.6. The normalized spacial score (nSPS) is 12.2. The second-order valence-corrected chi connectivity index (χ2v) is 4.70. The Hall–Kier alpha value is -1.75. The average Bonchev–Trinajstić information content (AvgIpc) is 2.45. The molecule has 0 aliphatic heterocycles. The van der Waals surface area contributed by atoms with Crippen molar-refractivity contribution in [3.8, 4) is 11.5 Å². The number of para-hydroxylation sites is 2. The van der Waals surface area contributed by atoms with E-state index in [1.807, 2.05) is 13.8 Å². The molecule has 1 unspecified atom stereocenters. The third-order valence-electron chi connectivity index (χ3n) is 3.33. The quantitative estimate of drug-likeness (QED) is 0.677. The molecule has 0 spiro atoms. The van der Waals surface area contributed by atoms with E-state index >= 15 is 0 Å². The summed E-state index contributed by atoms with van der Waals surface area (Å²) in [6.45, 7) is 4.06. The third kappa shape index (κ3) is 5.09. The van der Waals surface area contributed by atoms with Crippen LogP contribution in [0.4, 0.5) is 0 Å². The molecular weight excluding hydrogens is 258 g/mol. The summed E-state index contributed by atoms with van der Waals surface area (Å²) in [6.07, 6.45) is 1.21. The van der Waals surface area contributed by atoms with Crippen molar-refractivity contribution in [3.05, 3.63) is 24.3 Å². The van der Waals surface area contributed by atoms with Crippen LogP contribution in [0.5, 0.6) is 11.5 Å². The standard InChI is InChI=1S/C15H23NO4/c1-3-11(4-2)13(18)9-16-15(19)10-20-14-8-6-5-7-12(14)17/h5-8,11,13,17-18H,3-4,9-10H2,1-2H3,(H,16,19). The van der Waals surface area contributed by atoms with Crippen LogP contribution in [-0.2, 0) is 4.79 Å². The van der Waals surface area contributed by atoms with Gasteiger partial charge in [-0.15, -0.1) is 0 Å². The van der Waals surface area contributed by atoms with E-state index < -0.39 is 6.10 Å². The number of hydrogen-bond donors (Lipinski definition) is 3. The molecule has 0 aliphatic carbocycles. The Morgan fingerprint density at radius 3 is 2.55 bits per heavy atom. The van der Waals surface area contributed by atoms with Crippen molar-refractivity contribution in [1.29, 1.82) is 0 Å². The topological polar surface area (TPSA) is 78.8 Å². The molecular formula is C15H23NO4. The molecule has 0 heterocycles. The van der Waals surface area contributed by atoms with Crippen molar-refractivity contribution >= 4 is 5.91 Å². The van der Waals surface area contributed by atoms with Gasteiger partial charge in [0.05, 0.1) is 6.10 Å². The fourth-order valence-electron chi connectivity index (χ4n) is 1.99. The summed E-state index contributed by atoms with van der Waals surface area (Å²) in [6, 6.07) is 6.46. The molecule has 0 saturated carbocycles. The molecule has 5 heteroatoms. The zero-order valence-electron chi connectivity index (χ0n) is 12.0. The van der Waals surface area contributed by atoms with Crippen LogP contribution >= 0.6 is 0 Å². The van der Waals surface area contributed by atoms with Gasteiger partial charge in [-0.05, 0) is 18.1 Å². The highest BCUT2D eigenvalue weighted by atomic mass is 16.5. The fraction of sp³-hybridized carbons (Fsp3) is 0.533. The molecule has 112 valence electrons. The van der Waals surface area contributed by atoms with Crippen LogP contribution in [0.15, 0.2) is 24.3 Å². The molecule has 0 saturated heterocycles. The largest absolute Gasteiger partial charge is 0.504 e. The Morgan fingerprint density at radius 1 is 1.30 bits per heavy atom. The number of ether oxygens (including phenoxy) is 1. The zero-order valence-corrected chi connectivity index (χ0v) is 12.0. The maximum absolute atomic E-state index is 11.6. The number of phenolic OH excluding ortho intramolecular Hbond substituents is 1. The highest BCUT2D eigenvalue weighted by molar-refractivity contribution is 5.77. The maximum Gasteiger partial charge on any atom is 0.258 e. The average molecular weight is 281 g/mol. The molecule has 3 N–H and O–H groups in total. The lowest BCUT2D eigenvalue weighted by Gasteiger charge is -2.20. The highest BCUT2D eigenvalue weighted by Crippen LogP contribution is 2.23. The van der Waals surface area contributed by atoms with Crippen LogP contribution in [0.3, 0.4) is 0 Å². The molecule has 1 rings (SSSR count). The number of nitrogens with one attached hydrogen (secondary N) is 1. The second kappa shape index (κ2) is 8.43. The molecule has 0 bridgehead atoms. The number of aromatic hydroxyl groups is 1. The minimum atomic E-state index is -0.543. The van der Waals surface area contributed by atoms with Crippen LogP contribution in [-0.4, -0.2) is 35.4 Å². The molecule has 1 aromatic rings. The van der Waals surface area contributed by atoms with Gasteiger partial charge >= 0.3 is 0 Å². The van der Waals surface area contributed by atoms with Gasteiger partial charge in [0.25, 0.3) is 5.91 Å². The van der Waals surface area contributed by atoms with Crippen molar-refractivity contribution in [1.82, 2.24) is 5.32 Å². The molecule has 5 nitrogen and oxygen atoms in total. The van der Waals surface area contributed by atoms with Gasteiger partial charge in [-0.1, -0.05) is 38.8 Å². The van der Waals surface area contributed by atoms with E-state index in [4.69, 9.17) is 4.74 Å². The Labute approximate surface area is 119 Å². The number of hydrogen-bond acceptors (Lipinski definition) is 4. The summed E-state index contributed by atoms with van der Waals surface area (Å²) in [7, 11) is 0. The first-order chi connectivity index (χ1) is 9.58. The number of benzene rings is 1. The molecule has 1 amide bonds. The number of aliphatic hydroxyl groups excluding tert-OH is 1. The van der Waals surface area contributed by atoms with E-state index in [0.29, 0.717) is 0 Å². The lowest BCUT2D eigenvalue weighted by atomic mass is 9.97. The number of rotatable bonds is 8. The smallest absolute Gasteiger partial charge is 0.258 e. The lowest BCUT2D eigenvalue weighted by molar-refractivity contribution is -0.123. The Bertz CT molecular complexity index is 418. The fourth-order valence-corrected chi connectivity index (χ4v) is 1.99. The van der Waals surface area contributed by atoms with E-state index in [1.165, 1.54) is 6.07 Å². The summed E-state index contributed by atoms with van der Waals surface area (Å²) in [5.74, 6) is 0.133. The van der Waals surface area contributed by atoms with E-state index in [9.17, 15) is 15.0 Å². The van der Waals surface area contributed by atoms with Gasteiger partial charge in [0.15, 0.2) is 18.1 Å². The SMILES string of the molecule is CCC(CC)C(O)CNC(=O)COc1ccccc1O. The molecule has 0 aliphatic rings. The van der Waals surface area contributed by atoms with Gasteiger partial charge in [-0.2, -0.15) is 0 Å². The van der Waals surface area contributed by atoms with E-state index in [2.05, 4.69) is 5.32 Å². The van der Waals surface area contributed by atoms with Gasteiger partial charge in [0.2, 0.25) is 0 Å². The number of amides is 1. The van der Waals surface area contributed by atoms with Crippen molar-refractivity contribution in [2.75, 3.05) is 13.2 Å². The minimum Gasteiger partial charge on any atom is -0.504 e. The first-order valence-corrected chi connectivity index (χ1v) is 6.94. The number of carbonyl (C=O) groups excluding carboxylic acids is 1. The van der Waals surface area contributed by atoms with Gasteiger partial charge < -0.3 is 20.3 Å². The van der Waals surface area contributed by atoms with Gasteiger partial charge in [0, 0.05) is 6.54 Å². The first kappa shape index (κ1) is 16.3. The molecule has 1 atom stereocenters. The van der Waals surface area contributed by atoms with Gasteiger partial charge in [0.1, 0.15) is 0 Å². The van der Waals surface area contributed by atoms with Gasteiger partial charge in [-0.3, -0.25) is 4.79 Å². The number of aliphatic hydroxyl groups is 1.